The molecule has 5 heteroatoms. The number of methoxy groups -OCH3 is 1. The number of rotatable bonds is 7. The highest BCUT2D eigenvalue weighted by atomic mass is 16.5. The minimum Gasteiger partial charge on any atom is -0.382 e. The Morgan fingerprint density at radius 3 is 2.88 bits per heavy atom. The van der Waals surface area contributed by atoms with E-state index in [1.807, 2.05) is 17.8 Å². The smallest absolute Gasteiger partial charge is 0.0558 e. The molecule has 1 aromatic rings. The van der Waals surface area contributed by atoms with Crippen molar-refractivity contribution in [3.8, 4) is 0 Å². The maximum absolute atomic E-state index is 5.53. The van der Waals surface area contributed by atoms with Gasteiger partial charge in [0.2, 0.25) is 0 Å². The lowest BCUT2D eigenvalue weighted by Gasteiger charge is -2.18. The van der Waals surface area contributed by atoms with Crippen LogP contribution in [0.2, 0.25) is 0 Å². The number of nitrogens with zero attached hydrogens (tertiary/aromatic N) is 2. The van der Waals surface area contributed by atoms with E-state index < -0.39 is 0 Å². The Morgan fingerprint density at radius 2 is 2.38 bits per heavy atom. The maximum Gasteiger partial charge on any atom is 0.0558 e. The predicted molar refractivity (Wildman–Crippen MR) is 63.8 cm³/mol. The number of aromatic nitrogens is 2. The highest BCUT2D eigenvalue weighted by molar-refractivity contribution is 5.06. The Bertz CT molecular complexity index is 300. The first-order valence-corrected chi connectivity index (χ1v) is 5.69. The number of nitrogens with two attached hydrogens (primary N) is 1. The topological polar surface area (TPSA) is 65.1 Å². The van der Waals surface area contributed by atoms with Crippen molar-refractivity contribution in [3.05, 3.63) is 18.0 Å². The van der Waals surface area contributed by atoms with Gasteiger partial charge in [-0.05, 0) is 32.3 Å². The Morgan fingerprint density at radius 1 is 1.62 bits per heavy atom. The summed E-state index contributed by atoms with van der Waals surface area (Å²) in [5, 5.41) is 4.24. The fourth-order valence-corrected chi connectivity index (χ4v) is 1.68. The summed E-state index contributed by atoms with van der Waals surface area (Å²) < 4.78 is 7.15. The zero-order chi connectivity index (χ0) is 12.0. The van der Waals surface area contributed by atoms with E-state index in [1.165, 1.54) is 5.56 Å². The molecule has 0 fully saturated rings. The molecule has 2 unspecified atom stereocenters. The van der Waals surface area contributed by atoms with E-state index in [-0.39, 0.29) is 12.1 Å². The third-order valence-electron chi connectivity index (χ3n) is 2.75. The zero-order valence-electron chi connectivity index (χ0n) is 10.3. The number of ether oxygens (including phenoxy) is 1. The van der Waals surface area contributed by atoms with E-state index in [1.54, 1.807) is 7.11 Å². The summed E-state index contributed by atoms with van der Waals surface area (Å²) in [6, 6.07) is 0.226. The first kappa shape index (κ1) is 13.2. The van der Waals surface area contributed by atoms with Crippen LogP contribution in [-0.4, -0.2) is 29.0 Å². The third kappa shape index (κ3) is 3.92. The molecule has 0 bridgehead atoms. The summed E-state index contributed by atoms with van der Waals surface area (Å²) in [5.41, 5.74) is 4.03. The molecule has 0 aliphatic carbocycles. The van der Waals surface area contributed by atoms with E-state index in [9.17, 15) is 0 Å². The molecule has 0 saturated carbocycles. The molecule has 0 radical (unpaired) electrons. The molecule has 0 spiro atoms. The van der Waals surface area contributed by atoms with Gasteiger partial charge >= 0.3 is 0 Å². The summed E-state index contributed by atoms with van der Waals surface area (Å²) in [4.78, 5) is 0. The van der Waals surface area contributed by atoms with Gasteiger partial charge in [-0.2, -0.15) is 5.10 Å². The van der Waals surface area contributed by atoms with Crippen LogP contribution in [0.25, 0.3) is 0 Å². The molecular weight excluding hydrogens is 204 g/mol. The Balaban J connectivity index is 2.49. The number of hydrogen-bond donors (Lipinski definition) is 2. The van der Waals surface area contributed by atoms with Crippen molar-refractivity contribution < 1.29 is 4.74 Å². The highest BCUT2D eigenvalue weighted by Crippen LogP contribution is 2.08. The number of nitrogens with one attached hydrogen (secondary N) is 1. The van der Waals surface area contributed by atoms with Crippen molar-refractivity contribution >= 4 is 0 Å². The van der Waals surface area contributed by atoms with Crippen molar-refractivity contribution in [2.24, 2.45) is 5.84 Å². The predicted octanol–water partition coefficient (Wildman–Crippen LogP) is 0.702. The Hall–Kier alpha value is -0.910. The maximum atomic E-state index is 5.53. The molecule has 0 amide bonds. The average Bonchev–Trinajstić information content (AvgIpc) is 2.75. The second kappa shape index (κ2) is 6.62. The van der Waals surface area contributed by atoms with Crippen LogP contribution in [0.3, 0.4) is 0 Å². The molecule has 1 heterocycles. The summed E-state index contributed by atoms with van der Waals surface area (Å²) in [7, 11) is 1.72. The van der Waals surface area contributed by atoms with Gasteiger partial charge in [-0.1, -0.05) is 0 Å². The van der Waals surface area contributed by atoms with Gasteiger partial charge in [-0.3, -0.25) is 16.0 Å². The average molecular weight is 226 g/mol. The van der Waals surface area contributed by atoms with Gasteiger partial charge in [0.15, 0.2) is 0 Å². The minimum atomic E-state index is 0.210. The highest BCUT2D eigenvalue weighted by Gasteiger charge is 2.12. The van der Waals surface area contributed by atoms with Crippen LogP contribution in [0.5, 0.6) is 0 Å². The summed E-state index contributed by atoms with van der Waals surface area (Å²) in [5.74, 6) is 5.53. The van der Waals surface area contributed by atoms with Crippen LogP contribution in [0.1, 0.15) is 25.8 Å². The molecule has 0 aliphatic heterocycles. The van der Waals surface area contributed by atoms with Gasteiger partial charge in [0.25, 0.3) is 0 Å². The molecule has 5 nitrogen and oxygen atoms in total. The van der Waals surface area contributed by atoms with Gasteiger partial charge in [-0.25, -0.2) is 0 Å². The monoisotopic (exact) mass is 226 g/mol. The second-order valence-corrected chi connectivity index (χ2v) is 4.05. The molecule has 1 aromatic heterocycles. The van der Waals surface area contributed by atoms with Gasteiger partial charge < -0.3 is 4.74 Å². The summed E-state index contributed by atoms with van der Waals surface area (Å²) in [6.07, 6.45) is 5.93. The quantitative estimate of drug-likeness (QED) is 0.530. The molecule has 0 aromatic carbocycles. The van der Waals surface area contributed by atoms with E-state index in [0.717, 1.165) is 19.4 Å². The number of aryl methyl sites for hydroxylation is 1. The van der Waals surface area contributed by atoms with Crippen LogP contribution in [0.4, 0.5) is 0 Å². The zero-order valence-corrected chi connectivity index (χ0v) is 10.3. The molecule has 16 heavy (non-hydrogen) atoms. The van der Waals surface area contributed by atoms with Crippen LogP contribution < -0.4 is 11.3 Å². The standard InChI is InChI=1S/C11H22N4O/c1-4-15-8-10(7-13-15)6-11(14-12)5-9(2)16-3/h7-9,11,14H,4-6,12H2,1-3H3. The van der Waals surface area contributed by atoms with Crippen LogP contribution in [-0.2, 0) is 17.7 Å². The van der Waals surface area contributed by atoms with Gasteiger partial charge in [0, 0.05) is 25.9 Å². The Kier molecular flexibility index (Phi) is 5.45. The minimum absolute atomic E-state index is 0.210. The van der Waals surface area contributed by atoms with E-state index in [4.69, 9.17) is 10.6 Å². The SMILES string of the molecule is CCn1cc(CC(CC(C)OC)NN)cn1. The lowest BCUT2D eigenvalue weighted by Crippen LogP contribution is -2.39. The van der Waals surface area contributed by atoms with E-state index >= 15 is 0 Å². The summed E-state index contributed by atoms with van der Waals surface area (Å²) >= 11 is 0. The normalized spacial score (nSPS) is 15.0. The molecular formula is C11H22N4O. The fraction of sp³-hybridized carbons (Fsp3) is 0.727. The van der Waals surface area contributed by atoms with Gasteiger partial charge in [0.1, 0.15) is 0 Å². The molecule has 0 aliphatic rings. The molecule has 1 rings (SSSR count). The molecule has 2 atom stereocenters. The lowest BCUT2D eigenvalue weighted by molar-refractivity contribution is 0.100. The van der Waals surface area contributed by atoms with Crippen molar-refractivity contribution in [1.29, 1.82) is 0 Å². The fourth-order valence-electron chi connectivity index (χ4n) is 1.68. The molecule has 3 N–H and O–H groups in total. The van der Waals surface area contributed by atoms with Crippen molar-refractivity contribution in [3.63, 3.8) is 0 Å². The van der Waals surface area contributed by atoms with Crippen molar-refractivity contribution in [2.75, 3.05) is 7.11 Å². The lowest BCUT2D eigenvalue weighted by atomic mass is 10.0. The van der Waals surface area contributed by atoms with Crippen molar-refractivity contribution in [2.45, 2.75) is 45.4 Å². The number of hydrogen-bond acceptors (Lipinski definition) is 4. The van der Waals surface area contributed by atoms with Crippen LogP contribution in [0.15, 0.2) is 12.4 Å². The van der Waals surface area contributed by atoms with E-state index in [2.05, 4.69) is 23.6 Å². The van der Waals surface area contributed by atoms with Crippen molar-refractivity contribution in [1.82, 2.24) is 15.2 Å². The van der Waals surface area contributed by atoms with Crippen LogP contribution >= 0.6 is 0 Å². The largest absolute Gasteiger partial charge is 0.382 e. The number of hydrazine groups is 1. The second-order valence-electron chi connectivity index (χ2n) is 4.05. The molecule has 92 valence electrons. The third-order valence-corrected chi connectivity index (χ3v) is 2.75. The summed E-state index contributed by atoms with van der Waals surface area (Å²) in [6.45, 7) is 5.01. The van der Waals surface area contributed by atoms with Gasteiger partial charge in [0.05, 0.1) is 12.3 Å². The molecule has 0 saturated heterocycles. The van der Waals surface area contributed by atoms with Gasteiger partial charge in [-0.15, -0.1) is 0 Å². The van der Waals surface area contributed by atoms with Crippen LogP contribution in [0, 0.1) is 0 Å². The first-order valence-electron chi connectivity index (χ1n) is 5.69. The Labute approximate surface area is 96.9 Å². The first-order chi connectivity index (χ1) is 7.69. The van der Waals surface area contributed by atoms with E-state index in [0.29, 0.717) is 0 Å².